The van der Waals surface area contributed by atoms with Gasteiger partial charge in [-0.1, -0.05) is 41.9 Å². The summed E-state index contributed by atoms with van der Waals surface area (Å²) in [5, 5.41) is 4.21. The summed E-state index contributed by atoms with van der Waals surface area (Å²) in [5.74, 6) is 0. The summed E-state index contributed by atoms with van der Waals surface area (Å²) in [6.45, 7) is 2.21. The lowest BCUT2D eigenvalue weighted by molar-refractivity contribution is 0.545. The van der Waals surface area contributed by atoms with Crippen molar-refractivity contribution in [3.05, 3.63) is 64.7 Å². The van der Waals surface area contributed by atoms with E-state index in [1.807, 2.05) is 19.2 Å². The fraction of sp³-hybridized carbons (Fsp3) is 0.333. The van der Waals surface area contributed by atoms with Gasteiger partial charge in [-0.2, -0.15) is 0 Å². The second-order valence-corrected chi connectivity index (χ2v) is 5.98. The lowest BCUT2D eigenvalue weighted by Crippen LogP contribution is -2.27. The van der Waals surface area contributed by atoms with E-state index < -0.39 is 0 Å². The molecule has 2 aromatic rings. The van der Waals surface area contributed by atoms with Gasteiger partial charge in [0.25, 0.3) is 0 Å². The normalized spacial score (nSPS) is 15.0. The number of para-hydroxylation sites is 1. The van der Waals surface area contributed by atoms with Gasteiger partial charge in [-0.15, -0.1) is 0 Å². The van der Waals surface area contributed by atoms with Gasteiger partial charge in [0.05, 0.1) is 0 Å². The molecular weight excluding hydrogens is 280 g/mol. The lowest BCUT2D eigenvalue weighted by Gasteiger charge is -2.23. The molecule has 0 amide bonds. The van der Waals surface area contributed by atoms with Gasteiger partial charge in [0.1, 0.15) is 0 Å². The molecular formula is C18H21ClN2. The minimum absolute atomic E-state index is 0.370. The number of halogens is 1. The third kappa shape index (κ3) is 3.22. The minimum Gasteiger partial charge on any atom is -0.371 e. The van der Waals surface area contributed by atoms with Crippen LogP contribution in [0.5, 0.6) is 0 Å². The first-order valence-corrected chi connectivity index (χ1v) is 7.91. The van der Waals surface area contributed by atoms with Crippen LogP contribution in [0, 0.1) is 0 Å². The van der Waals surface area contributed by atoms with E-state index in [9.17, 15) is 0 Å². The quantitative estimate of drug-likeness (QED) is 0.896. The monoisotopic (exact) mass is 300 g/mol. The Bertz CT molecular complexity index is 594. The highest BCUT2D eigenvalue weighted by Crippen LogP contribution is 2.28. The van der Waals surface area contributed by atoms with Gasteiger partial charge < -0.3 is 10.2 Å². The Kier molecular flexibility index (Phi) is 4.47. The fourth-order valence-corrected chi connectivity index (χ4v) is 3.22. The first-order valence-electron chi connectivity index (χ1n) is 7.53. The second kappa shape index (κ2) is 6.50. The third-order valence-electron chi connectivity index (χ3n) is 4.29. The van der Waals surface area contributed by atoms with Crippen LogP contribution in [0.25, 0.3) is 0 Å². The summed E-state index contributed by atoms with van der Waals surface area (Å²) in [6.07, 6.45) is 2.26. The van der Waals surface area contributed by atoms with E-state index in [2.05, 4.69) is 46.6 Å². The highest BCUT2D eigenvalue weighted by molar-refractivity contribution is 6.30. The Morgan fingerprint density at radius 3 is 2.67 bits per heavy atom. The molecule has 2 aromatic carbocycles. The number of anilines is 1. The van der Waals surface area contributed by atoms with Crippen molar-refractivity contribution in [2.75, 3.05) is 25.0 Å². The molecule has 1 aliphatic rings. The van der Waals surface area contributed by atoms with Crippen molar-refractivity contribution in [1.29, 1.82) is 0 Å². The van der Waals surface area contributed by atoms with Crippen molar-refractivity contribution in [2.45, 2.75) is 18.9 Å². The van der Waals surface area contributed by atoms with Crippen LogP contribution in [0.3, 0.4) is 0 Å². The number of nitrogens with one attached hydrogen (secondary N) is 1. The van der Waals surface area contributed by atoms with Gasteiger partial charge in [0, 0.05) is 29.8 Å². The molecule has 3 rings (SSSR count). The molecule has 1 atom stereocenters. The first kappa shape index (κ1) is 14.4. The van der Waals surface area contributed by atoms with Crippen molar-refractivity contribution in [1.82, 2.24) is 5.32 Å². The molecule has 2 nitrogen and oxygen atoms in total. The number of nitrogens with zero attached hydrogens (tertiary/aromatic N) is 1. The first-order chi connectivity index (χ1) is 10.3. The maximum absolute atomic E-state index is 5.97. The van der Waals surface area contributed by atoms with Crippen LogP contribution in [-0.2, 0) is 6.42 Å². The molecule has 0 radical (unpaired) electrons. The van der Waals surface area contributed by atoms with E-state index in [1.54, 1.807) is 0 Å². The molecule has 0 aromatic heterocycles. The van der Waals surface area contributed by atoms with Gasteiger partial charge >= 0.3 is 0 Å². The number of rotatable bonds is 5. The summed E-state index contributed by atoms with van der Waals surface area (Å²) in [5.41, 5.74) is 4.18. The number of hydrogen-bond acceptors (Lipinski definition) is 2. The van der Waals surface area contributed by atoms with Gasteiger partial charge in [-0.05, 0) is 49.2 Å². The highest BCUT2D eigenvalue weighted by atomic mass is 35.5. The zero-order chi connectivity index (χ0) is 14.7. The maximum Gasteiger partial charge on any atom is 0.0406 e. The molecule has 110 valence electrons. The largest absolute Gasteiger partial charge is 0.371 e. The van der Waals surface area contributed by atoms with Crippen LogP contribution in [-0.4, -0.2) is 20.1 Å². The van der Waals surface area contributed by atoms with E-state index in [0.29, 0.717) is 6.04 Å². The molecule has 0 saturated carbocycles. The van der Waals surface area contributed by atoms with Gasteiger partial charge in [-0.3, -0.25) is 0 Å². The highest BCUT2D eigenvalue weighted by Gasteiger charge is 2.19. The molecule has 3 heteroatoms. The summed E-state index contributed by atoms with van der Waals surface area (Å²) in [7, 11) is 2.03. The van der Waals surface area contributed by atoms with E-state index in [4.69, 9.17) is 11.6 Å². The summed E-state index contributed by atoms with van der Waals surface area (Å²) < 4.78 is 0. The van der Waals surface area contributed by atoms with Crippen LogP contribution >= 0.6 is 11.6 Å². The third-order valence-corrected chi connectivity index (χ3v) is 4.54. The van der Waals surface area contributed by atoms with Crippen LogP contribution < -0.4 is 10.2 Å². The van der Waals surface area contributed by atoms with Gasteiger partial charge in [0.2, 0.25) is 0 Å². The molecule has 0 spiro atoms. The fourth-order valence-electron chi connectivity index (χ4n) is 3.10. The van der Waals surface area contributed by atoms with Crippen molar-refractivity contribution < 1.29 is 0 Å². The minimum atomic E-state index is 0.370. The van der Waals surface area contributed by atoms with Crippen LogP contribution in [0.4, 0.5) is 5.69 Å². The topological polar surface area (TPSA) is 15.3 Å². The molecule has 1 unspecified atom stereocenters. The lowest BCUT2D eigenvalue weighted by atomic mass is 10.0. The van der Waals surface area contributed by atoms with Crippen molar-refractivity contribution in [3.8, 4) is 0 Å². The van der Waals surface area contributed by atoms with Crippen molar-refractivity contribution >= 4 is 17.3 Å². The molecule has 21 heavy (non-hydrogen) atoms. The Hall–Kier alpha value is -1.51. The van der Waals surface area contributed by atoms with E-state index in [-0.39, 0.29) is 0 Å². The second-order valence-electron chi connectivity index (χ2n) is 5.55. The van der Waals surface area contributed by atoms with E-state index in [0.717, 1.165) is 24.5 Å². The predicted octanol–water partition coefficient (Wildman–Crippen LogP) is 4.05. The zero-order valence-electron chi connectivity index (χ0n) is 12.3. The van der Waals surface area contributed by atoms with E-state index >= 15 is 0 Å². The molecule has 0 saturated heterocycles. The Morgan fingerprint density at radius 2 is 1.90 bits per heavy atom. The molecule has 1 N–H and O–H groups in total. The van der Waals surface area contributed by atoms with E-state index in [1.165, 1.54) is 23.2 Å². The standard InChI is InChI=1S/C18H21ClN2/c1-20-17(14-6-8-16(19)9-7-14)11-13-21-12-10-15-4-2-3-5-18(15)21/h2-9,17,20H,10-13H2,1H3. The molecule has 0 bridgehead atoms. The number of hydrogen-bond donors (Lipinski definition) is 1. The molecule has 1 heterocycles. The Balaban J connectivity index is 1.65. The molecule has 0 aliphatic carbocycles. The summed E-state index contributed by atoms with van der Waals surface area (Å²) in [4.78, 5) is 2.50. The van der Waals surface area contributed by atoms with Crippen LogP contribution in [0.15, 0.2) is 48.5 Å². The average molecular weight is 301 g/mol. The Morgan fingerprint density at radius 1 is 1.14 bits per heavy atom. The number of benzene rings is 2. The summed E-state index contributed by atoms with van der Waals surface area (Å²) >= 11 is 5.97. The smallest absolute Gasteiger partial charge is 0.0406 e. The Labute approximate surface area is 131 Å². The zero-order valence-corrected chi connectivity index (χ0v) is 13.1. The molecule has 1 aliphatic heterocycles. The van der Waals surface area contributed by atoms with Crippen molar-refractivity contribution in [2.24, 2.45) is 0 Å². The number of fused-ring (bicyclic) bond motifs is 1. The van der Waals surface area contributed by atoms with Gasteiger partial charge in [-0.25, -0.2) is 0 Å². The predicted molar refractivity (Wildman–Crippen MR) is 90.2 cm³/mol. The van der Waals surface area contributed by atoms with Gasteiger partial charge in [0.15, 0.2) is 0 Å². The SMILES string of the molecule is CNC(CCN1CCc2ccccc21)c1ccc(Cl)cc1. The van der Waals surface area contributed by atoms with Crippen molar-refractivity contribution in [3.63, 3.8) is 0 Å². The summed E-state index contributed by atoms with van der Waals surface area (Å²) in [6, 6.07) is 17.3. The molecule has 0 fully saturated rings. The maximum atomic E-state index is 5.97. The van der Waals surface area contributed by atoms with Crippen LogP contribution in [0.2, 0.25) is 5.02 Å². The van der Waals surface area contributed by atoms with Crippen LogP contribution in [0.1, 0.15) is 23.6 Å². The average Bonchev–Trinajstić information content (AvgIpc) is 2.93.